The molecule has 0 radical (unpaired) electrons. The normalized spacial score (nSPS) is 24.2. The first-order chi connectivity index (χ1) is 14.0. The van der Waals surface area contributed by atoms with Crippen molar-refractivity contribution in [3.8, 4) is 0 Å². The Hall–Kier alpha value is -2.22. The Morgan fingerprint density at radius 2 is 2.07 bits per heavy atom. The van der Waals surface area contributed by atoms with E-state index < -0.39 is 20.1 Å². The fourth-order valence-electron chi connectivity index (χ4n) is 3.93. The average Bonchev–Trinajstić information content (AvgIpc) is 2.67. The van der Waals surface area contributed by atoms with Gasteiger partial charge in [-0.15, -0.1) is 0 Å². The highest BCUT2D eigenvalue weighted by molar-refractivity contribution is 7.93. The van der Waals surface area contributed by atoms with Gasteiger partial charge in [-0.3, -0.25) is 9.78 Å². The molecule has 0 bridgehead atoms. The molecule has 4 rings (SSSR count). The maximum absolute atomic E-state index is 13.0. The Morgan fingerprint density at radius 1 is 1.30 bits per heavy atom. The van der Waals surface area contributed by atoms with Crippen LogP contribution in [0.1, 0.15) is 41.0 Å². The van der Waals surface area contributed by atoms with Crippen LogP contribution in [0.3, 0.4) is 0 Å². The number of nitrogens with one attached hydrogen (secondary N) is 1. The third-order valence-electron chi connectivity index (χ3n) is 6.00. The minimum absolute atomic E-state index is 0.102. The van der Waals surface area contributed by atoms with E-state index in [0.717, 1.165) is 16.7 Å². The minimum atomic E-state index is -3.48. The Bertz CT molecular complexity index is 1140. The maximum atomic E-state index is 13.0. The van der Waals surface area contributed by atoms with E-state index in [-0.39, 0.29) is 24.6 Å². The minimum Gasteiger partial charge on any atom is -0.375 e. The van der Waals surface area contributed by atoms with Crippen LogP contribution in [0.25, 0.3) is 0 Å². The van der Waals surface area contributed by atoms with Crippen LogP contribution >= 0.6 is 11.6 Å². The summed E-state index contributed by atoms with van der Waals surface area (Å²) in [5.41, 5.74) is 2.38. The molecular weight excluding hydrogens is 424 g/mol. The van der Waals surface area contributed by atoms with Gasteiger partial charge in [0.05, 0.1) is 24.0 Å². The van der Waals surface area contributed by atoms with Crippen LogP contribution in [-0.2, 0) is 33.1 Å². The first kappa shape index (κ1) is 21.0. The summed E-state index contributed by atoms with van der Waals surface area (Å²) in [6, 6.07) is 8.89. The molecular formula is C22H23ClN2O4S. The molecule has 1 fully saturated rings. The van der Waals surface area contributed by atoms with Crippen LogP contribution in [-0.4, -0.2) is 36.3 Å². The van der Waals surface area contributed by atoms with Crippen LogP contribution < -0.4 is 5.32 Å². The Labute approximate surface area is 181 Å². The molecule has 3 heterocycles. The highest BCUT2D eigenvalue weighted by atomic mass is 35.5. The van der Waals surface area contributed by atoms with Gasteiger partial charge in [0.2, 0.25) is 0 Å². The Kier molecular flexibility index (Phi) is 5.03. The average molecular weight is 447 g/mol. The smallest absolute Gasteiger partial charge is 0.185 e. The number of carbonyl (C=O) groups excluding carboxylic acids is 1. The van der Waals surface area contributed by atoms with Gasteiger partial charge in [-0.2, -0.15) is 0 Å². The number of carbonyl (C=O) groups is 1. The zero-order valence-corrected chi connectivity index (χ0v) is 18.4. The second-order valence-corrected chi connectivity index (χ2v) is 11.4. The molecule has 1 spiro atoms. The van der Waals surface area contributed by atoms with Crippen molar-refractivity contribution in [2.24, 2.45) is 0 Å². The van der Waals surface area contributed by atoms with E-state index in [1.807, 2.05) is 18.2 Å². The van der Waals surface area contributed by atoms with Crippen LogP contribution in [0, 0.1) is 0 Å². The number of sulfone groups is 1. The monoisotopic (exact) mass is 446 g/mol. The van der Waals surface area contributed by atoms with Gasteiger partial charge in [0.25, 0.3) is 0 Å². The summed E-state index contributed by atoms with van der Waals surface area (Å²) in [7, 11) is -3.48. The van der Waals surface area contributed by atoms with E-state index in [2.05, 4.69) is 16.9 Å². The number of hydrogen-bond donors (Lipinski definition) is 1. The molecule has 1 saturated heterocycles. The molecule has 158 valence electrons. The van der Waals surface area contributed by atoms with Gasteiger partial charge >= 0.3 is 0 Å². The predicted molar refractivity (Wildman–Crippen MR) is 115 cm³/mol. The largest absolute Gasteiger partial charge is 0.375 e. The van der Waals surface area contributed by atoms with E-state index in [4.69, 9.17) is 16.3 Å². The molecule has 0 unspecified atom stereocenters. The quantitative estimate of drug-likeness (QED) is 0.729. The fraction of sp³-hybridized carbons (Fsp3) is 0.364. The van der Waals surface area contributed by atoms with E-state index >= 15 is 0 Å². The zero-order chi connectivity index (χ0) is 21.7. The van der Waals surface area contributed by atoms with Gasteiger partial charge in [0.15, 0.2) is 15.6 Å². The van der Waals surface area contributed by atoms with Crippen molar-refractivity contribution in [2.75, 3.05) is 12.4 Å². The van der Waals surface area contributed by atoms with E-state index in [9.17, 15) is 13.2 Å². The summed E-state index contributed by atoms with van der Waals surface area (Å²) in [5, 5.41) is 3.81. The first-order valence-corrected chi connectivity index (χ1v) is 11.6. The van der Waals surface area contributed by atoms with E-state index in [1.165, 1.54) is 6.20 Å². The van der Waals surface area contributed by atoms with Crippen molar-refractivity contribution in [1.82, 2.24) is 10.3 Å². The summed E-state index contributed by atoms with van der Waals surface area (Å²) in [4.78, 5) is 16.7. The highest BCUT2D eigenvalue weighted by Crippen LogP contribution is 2.41. The molecule has 30 heavy (non-hydrogen) atoms. The molecule has 0 saturated carbocycles. The number of ketones is 1. The van der Waals surface area contributed by atoms with Crippen LogP contribution in [0.4, 0.5) is 0 Å². The summed E-state index contributed by atoms with van der Waals surface area (Å²) in [5.74, 6) is -0.239. The highest BCUT2D eigenvalue weighted by Gasteiger charge is 2.53. The van der Waals surface area contributed by atoms with E-state index in [0.29, 0.717) is 23.0 Å². The second kappa shape index (κ2) is 7.18. The van der Waals surface area contributed by atoms with Crippen LogP contribution in [0.2, 0.25) is 5.02 Å². The number of fused-ring (bicyclic) bond motifs is 2. The van der Waals surface area contributed by atoms with Gasteiger partial charge in [0, 0.05) is 18.3 Å². The van der Waals surface area contributed by atoms with Crippen molar-refractivity contribution in [3.05, 3.63) is 76.2 Å². The molecule has 1 aromatic heterocycles. The molecule has 0 amide bonds. The Balaban J connectivity index is 1.69. The number of hydrogen-bond acceptors (Lipinski definition) is 6. The molecule has 2 aliphatic rings. The molecule has 1 aromatic carbocycles. The number of benzene rings is 1. The number of ether oxygens (including phenoxy) is 1. The zero-order valence-electron chi connectivity index (χ0n) is 16.9. The van der Waals surface area contributed by atoms with Gasteiger partial charge in [0.1, 0.15) is 16.0 Å². The van der Waals surface area contributed by atoms with Gasteiger partial charge in [-0.25, -0.2) is 8.42 Å². The summed E-state index contributed by atoms with van der Waals surface area (Å²) in [6.07, 6.45) is 1.59. The summed E-state index contributed by atoms with van der Waals surface area (Å²) in [6.45, 7) is 7.90. The predicted octanol–water partition coefficient (Wildman–Crippen LogP) is 3.20. The van der Waals surface area contributed by atoms with Gasteiger partial charge in [-0.05, 0) is 42.7 Å². The lowest BCUT2D eigenvalue weighted by atomic mass is 9.84. The Morgan fingerprint density at radius 3 is 2.73 bits per heavy atom. The molecule has 1 N–H and O–H groups in total. The number of Topliss-reactive ketones (excluding diaryl/α,β-unsaturated/α-hetero) is 1. The third-order valence-corrected chi connectivity index (χ3v) is 8.90. The second-order valence-electron chi connectivity index (χ2n) is 8.40. The lowest BCUT2D eigenvalue weighted by molar-refractivity contribution is 0.0463. The van der Waals surface area contributed by atoms with Crippen LogP contribution in [0.5, 0.6) is 0 Å². The van der Waals surface area contributed by atoms with Crippen LogP contribution in [0.15, 0.2) is 48.8 Å². The standard InChI is InChI=1S/C22H23ClN2O4S/c1-14-21(2,3)30(27,28)13-22(25-14)12-29-11-16-5-4-15(8-18(16)22)9-20(26)19-7-6-17(23)10-24-19/h4-8,10,25H,1,9,11-13H2,2-3H3/t22-/m0/s1. The number of aromatic nitrogens is 1. The molecule has 1 atom stereocenters. The molecule has 6 nitrogen and oxygen atoms in total. The number of pyridine rings is 1. The number of nitrogens with zero attached hydrogens (tertiary/aromatic N) is 1. The topological polar surface area (TPSA) is 85.4 Å². The number of halogens is 1. The number of rotatable bonds is 3. The van der Waals surface area contributed by atoms with Crippen molar-refractivity contribution in [1.29, 1.82) is 0 Å². The molecule has 2 aliphatic heterocycles. The summed E-state index contributed by atoms with van der Waals surface area (Å²) < 4.78 is 30.8. The van der Waals surface area contributed by atoms with Crippen molar-refractivity contribution in [3.63, 3.8) is 0 Å². The first-order valence-electron chi connectivity index (χ1n) is 9.59. The summed E-state index contributed by atoms with van der Waals surface area (Å²) >= 11 is 5.84. The maximum Gasteiger partial charge on any atom is 0.185 e. The lowest BCUT2D eigenvalue weighted by Gasteiger charge is -2.48. The molecule has 0 aliphatic carbocycles. The molecule has 2 aromatic rings. The SMILES string of the molecule is C=C1N[C@@]2(COCc3ccc(CC(=O)c4ccc(Cl)cn4)cc32)CS(=O)(=O)C1(C)C. The van der Waals surface area contributed by atoms with Crippen molar-refractivity contribution < 1.29 is 17.9 Å². The third kappa shape index (κ3) is 3.45. The lowest BCUT2D eigenvalue weighted by Crippen LogP contribution is -2.63. The fourth-order valence-corrected chi connectivity index (χ4v) is 5.78. The van der Waals surface area contributed by atoms with Crippen molar-refractivity contribution >= 4 is 27.2 Å². The van der Waals surface area contributed by atoms with Gasteiger partial charge in [-0.1, -0.05) is 36.4 Å². The molecule has 8 heteroatoms. The van der Waals surface area contributed by atoms with Crippen molar-refractivity contribution in [2.45, 2.75) is 37.2 Å². The van der Waals surface area contributed by atoms with Gasteiger partial charge < -0.3 is 10.1 Å². The van der Waals surface area contributed by atoms with E-state index in [1.54, 1.807) is 26.0 Å².